The second-order valence-electron chi connectivity index (χ2n) is 7.08. The predicted molar refractivity (Wildman–Crippen MR) is 110 cm³/mol. The van der Waals surface area contributed by atoms with Gasteiger partial charge in [-0.2, -0.15) is 0 Å². The summed E-state index contributed by atoms with van der Waals surface area (Å²) in [4.78, 5) is 41.1. The molecule has 1 atom stereocenters. The molecule has 1 saturated heterocycles. The normalized spacial score (nSPS) is 21.2. The first-order valence-electron chi connectivity index (χ1n) is 9.53. The maximum atomic E-state index is 13.2. The minimum absolute atomic E-state index is 0.0844. The first-order chi connectivity index (χ1) is 14.3. The minimum atomic E-state index is -3.98. The van der Waals surface area contributed by atoms with Gasteiger partial charge in [0.1, 0.15) is 5.71 Å². The second-order valence-corrected chi connectivity index (χ2v) is 9.02. The second kappa shape index (κ2) is 7.49. The zero-order valence-electron chi connectivity index (χ0n) is 16.2. The van der Waals surface area contributed by atoms with Gasteiger partial charge in [0.2, 0.25) is 0 Å². The third-order valence-corrected chi connectivity index (χ3v) is 7.14. The molecule has 1 N–H and O–H groups in total. The van der Waals surface area contributed by atoms with Crippen molar-refractivity contribution in [2.75, 3.05) is 6.54 Å². The highest BCUT2D eigenvalue weighted by Crippen LogP contribution is 2.36. The highest BCUT2D eigenvalue weighted by atomic mass is 32.2. The molecule has 8 nitrogen and oxygen atoms in total. The van der Waals surface area contributed by atoms with E-state index in [0.29, 0.717) is 12.0 Å². The molecule has 154 valence electrons. The SMILES string of the molecule is CCCCN1C(=O)C(=Nc2ccc3c(c2)C(=O)NC3=O)C(c2ccccc2)S1(=O)=O. The molecule has 30 heavy (non-hydrogen) atoms. The molecule has 2 heterocycles. The van der Waals surface area contributed by atoms with Crippen LogP contribution in [0, 0.1) is 0 Å². The molecular formula is C21H19N3O5S. The Kier molecular flexibility index (Phi) is 4.98. The van der Waals surface area contributed by atoms with Gasteiger partial charge in [0.05, 0.1) is 16.8 Å². The molecule has 0 saturated carbocycles. The van der Waals surface area contributed by atoms with E-state index in [0.717, 1.165) is 10.7 Å². The van der Waals surface area contributed by atoms with Crippen LogP contribution in [0.15, 0.2) is 53.5 Å². The number of benzene rings is 2. The number of imide groups is 1. The molecule has 9 heteroatoms. The highest BCUT2D eigenvalue weighted by Gasteiger charge is 2.50. The van der Waals surface area contributed by atoms with Gasteiger partial charge in [0.25, 0.3) is 27.7 Å². The van der Waals surface area contributed by atoms with Gasteiger partial charge < -0.3 is 0 Å². The van der Waals surface area contributed by atoms with Gasteiger partial charge in [-0.3, -0.25) is 19.7 Å². The van der Waals surface area contributed by atoms with Crippen molar-refractivity contribution in [2.24, 2.45) is 4.99 Å². The Labute approximate surface area is 173 Å². The number of carbonyl (C=O) groups excluding carboxylic acids is 3. The van der Waals surface area contributed by atoms with E-state index in [1.165, 1.54) is 18.2 Å². The van der Waals surface area contributed by atoms with Crippen LogP contribution in [0.1, 0.15) is 51.3 Å². The van der Waals surface area contributed by atoms with E-state index in [2.05, 4.69) is 10.3 Å². The van der Waals surface area contributed by atoms with Gasteiger partial charge >= 0.3 is 0 Å². The molecule has 0 spiro atoms. The summed E-state index contributed by atoms with van der Waals surface area (Å²) in [7, 11) is -3.98. The number of unbranched alkanes of at least 4 members (excludes halogenated alkanes) is 1. The fourth-order valence-corrected chi connectivity index (χ4v) is 5.48. The van der Waals surface area contributed by atoms with E-state index < -0.39 is 33.0 Å². The number of amides is 3. The summed E-state index contributed by atoms with van der Waals surface area (Å²) in [6.07, 6.45) is 1.27. The van der Waals surface area contributed by atoms with Crippen molar-refractivity contribution in [3.8, 4) is 0 Å². The molecule has 1 unspecified atom stereocenters. The van der Waals surface area contributed by atoms with E-state index in [9.17, 15) is 22.8 Å². The van der Waals surface area contributed by atoms with Crippen LogP contribution < -0.4 is 5.32 Å². The number of aliphatic imine (C=N–C) groups is 1. The molecular weight excluding hydrogens is 406 g/mol. The lowest BCUT2D eigenvalue weighted by atomic mass is 10.1. The summed E-state index contributed by atoms with van der Waals surface area (Å²) < 4.78 is 27.3. The standard InChI is InChI=1S/C21H19N3O5S/c1-2-3-11-24-21(27)17(18(30(24,28)29)13-7-5-4-6-8-13)22-14-9-10-15-16(12-14)20(26)23-19(15)25/h4-10,12,18H,2-3,11H2,1H3,(H,23,25,26). The van der Waals surface area contributed by atoms with Crippen molar-refractivity contribution in [1.29, 1.82) is 0 Å². The molecule has 0 bridgehead atoms. The number of carbonyl (C=O) groups is 3. The zero-order valence-corrected chi connectivity index (χ0v) is 17.0. The molecule has 0 aliphatic carbocycles. The minimum Gasteiger partial charge on any atom is -0.288 e. The van der Waals surface area contributed by atoms with Crippen molar-refractivity contribution in [3.63, 3.8) is 0 Å². The lowest BCUT2D eigenvalue weighted by Crippen LogP contribution is -2.31. The summed E-state index contributed by atoms with van der Waals surface area (Å²) in [6, 6.07) is 12.8. The van der Waals surface area contributed by atoms with E-state index >= 15 is 0 Å². The Balaban J connectivity index is 1.84. The third-order valence-electron chi connectivity index (χ3n) is 5.09. The monoisotopic (exact) mass is 425 g/mol. The number of sulfonamides is 1. The van der Waals surface area contributed by atoms with Crippen LogP contribution in [-0.4, -0.2) is 42.7 Å². The molecule has 4 rings (SSSR count). The predicted octanol–water partition coefficient (Wildman–Crippen LogP) is 2.36. The Morgan fingerprint density at radius 3 is 2.40 bits per heavy atom. The molecule has 0 aromatic heterocycles. The number of fused-ring (bicyclic) bond motifs is 1. The lowest BCUT2D eigenvalue weighted by Gasteiger charge is -2.15. The Morgan fingerprint density at radius 2 is 1.70 bits per heavy atom. The van der Waals surface area contributed by atoms with E-state index in [1.807, 2.05) is 6.92 Å². The smallest absolute Gasteiger partial charge is 0.283 e. The summed E-state index contributed by atoms with van der Waals surface area (Å²) >= 11 is 0. The molecule has 2 aromatic carbocycles. The van der Waals surface area contributed by atoms with E-state index in [4.69, 9.17) is 0 Å². The summed E-state index contributed by atoms with van der Waals surface area (Å²) in [6.45, 7) is 1.99. The van der Waals surface area contributed by atoms with Crippen LogP contribution in [0.3, 0.4) is 0 Å². The summed E-state index contributed by atoms with van der Waals surface area (Å²) in [5, 5.41) is 0.963. The number of hydrogen-bond acceptors (Lipinski definition) is 6. The summed E-state index contributed by atoms with van der Waals surface area (Å²) in [5.74, 6) is -1.72. The summed E-state index contributed by atoms with van der Waals surface area (Å²) in [5.41, 5.74) is 0.919. The maximum Gasteiger partial charge on any atom is 0.283 e. The molecule has 2 aliphatic rings. The lowest BCUT2D eigenvalue weighted by molar-refractivity contribution is -0.119. The molecule has 0 radical (unpaired) electrons. The first kappa shape index (κ1) is 20.0. The van der Waals surface area contributed by atoms with Crippen LogP contribution >= 0.6 is 0 Å². The quantitative estimate of drug-likeness (QED) is 0.739. The first-order valence-corrected chi connectivity index (χ1v) is 11.0. The number of nitrogens with one attached hydrogen (secondary N) is 1. The highest BCUT2D eigenvalue weighted by molar-refractivity contribution is 7.91. The van der Waals surface area contributed by atoms with Crippen molar-refractivity contribution in [1.82, 2.24) is 9.62 Å². The Morgan fingerprint density at radius 1 is 1.00 bits per heavy atom. The van der Waals surface area contributed by atoms with Gasteiger partial charge in [-0.25, -0.2) is 17.7 Å². The average molecular weight is 425 g/mol. The van der Waals surface area contributed by atoms with Crippen LogP contribution in [0.5, 0.6) is 0 Å². The van der Waals surface area contributed by atoms with Crippen molar-refractivity contribution >= 4 is 39.1 Å². The number of nitrogens with zero attached hydrogens (tertiary/aromatic N) is 2. The van der Waals surface area contributed by atoms with Crippen LogP contribution in [0.4, 0.5) is 5.69 Å². The van der Waals surface area contributed by atoms with Crippen molar-refractivity contribution in [3.05, 3.63) is 65.2 Å². The molecule has 2 aliphatic heterocycles. The fraction of sp³-hybridized carbons (Fsp3) is 0.238. The third kappa shape index (κ3) is 3.21. The van der Waals surface area contributed by atoms with Crippen molar-refractivity contribution < 1.29 is 22.8 Å². The molecule has 2 aromatic rings. The van der Waals surface area contributed by atoms with Crippen molar-refractivity contribution in [2.45, 2.75) is 25.0 Å². The topological polar surface area (TPSA) is 113 Å². The molecule has 1 fully saturated rings. The zero-order chi connectivity index (χ0) is 21.5. The Hall–Kier alpha value is -3.33. The van der Waals surface area contributed by atoms with E-state index in [1.54, 1.807) is 30.3 Å². The van der Waals surface area contributed by atoms with Gasteiger partial charge in [-0.1, -0.05) is 43.7 Å². The number of rotatable bonds is 5. The van der Waals surface area contributed by atoms with Gasteiger partial charge in [0.15, 0.2) is 5.25 Å². The maximum absolute atomic E-state index is 13.2. The average Bonchev–Trinajstić information content (AvgIpc) is 3.10. The fourth-order valence-electron chi connectivity index (χ4n) is 3.58. The Bertz CT molecular complexity index is 1190. The number of hydrogen-bond donors (Lipinski definition) is 1. The van der Waals surface area contributed by atoms with Gasteiger partial charge in [0, 0.05) is 6.54 Å². The van der Waals surface area contributed by atoms with E-state index in [-0.39, 0.29) is 29.1 Å². The van der Waals surface area contributed by atoms with Crippen LogP contribution in [-0.2, 0) is 14.8 Å². The van der Waals surface area contributed by atoms with Crippen LogP contribution in [0.2, 0.25) is 0 Å². The largest absolute Gasteiger partial charge is 0.288 e. The van der Waals surface area contributed by atoms with Gasteiger partial charge in [-0.15, -0.1) is 0 Å². The molecule has 3 amide bonds. The van der Waals surface area contributed by atoms with Gasteiger partial charge in [-0.05, 0) is 30.2 Å². The van der Waals surface area contributed by atoms with Crippen LogP contribution in [0.25, 0.3) is 0 Å².